The van der Waals surface area contributed by atoms with Gasteiger partial charge in [0, 0.05) is 12.1 Å². The van der Waals surface area contributed by atoms with E-state index in [1.165, 1.54) is 0 Å². The van der Waals surface area contributed by atoms with E-state index >= 15 is 0 Å². The van der Waals surface area contributed by atoms with E-state index in [2.05, 4.69) is 0 Å². The number of aromatic nitrogens is 1. The first kappa shape index (κ1) is 9.86. The highest BCUT2D eigenvalue weighted by atomic mass is 32.1. The molecule has 0 unspecified atom stereocenters. The van der Waals surface area contributed by atoms with Gasteiger partial charge in [0.05, 0.1) is 13.4 Å². The fraction of sp³-hybridized carbons (Fsp3) is 0.0909. The van der Waals surface area contributed by atoms with Gasteiger partial charge in [-0.05, 0) is 24.4 Å². The van der Waals surface area contributed by atoms with Crippen LogP contribution in [0.4, 0.5) is 0 Å². The van der Waals surface area contributed by atoms with Crippen LogP contribution in [0.1, 0.15) is 5.76 Å². The highest BCUT2D eigenvalue weighted by Gasteiger charge is 2.14. The quantitative estimate of drug-likeness (QED) is 0.570. The van der Waals surface area contributed by atoms with Gasteiger partial charge in [0.15, 0.2) is 12.4 Å². The molecule has 0 amide bonds. The second kappa shape index (κ2) is 4.23. The molecule has 0 atom stereocenters. The summed E-state index contributed by atoms with van der Waals surface area (Å²) in [6.07, 6.45) is 5.28. The average molecular weight is 220 g/mol. The number of furan rings is 1. The van der Waals surface area contributed by atoms with Gasteiger partial charge in [-0.15, -0.1) is 0 Å². The van der Waals surface area contributed by atoms with Gasteiger partial charge in [-0.25, -0.2) is 0 Å². The Labute approximate surface area is 92.9 Å². The van der Waals surface area contributed by atoms with Gasteiger partial charge in [-0.3, -0.25) is 0 Å². The molecule has 0 aliphatic rings. The molecule has 0 aliphatic carbocycles. The zero-order valence-electron chi connectivity index (χ0n) is 8.21. The van der Waals surface area contributed by atoms with Crippen molar-refractivity contribution < 1.29 is 13.7 Å². The predicted octanol–water partition coefficient (Wildman–Crippen LogP) is 1.80. The summed E-state index contributed by atoms with van der Waals surface area (Å²) in [4.78, 5) is 0.627. The lowest BCUT2D eigenvalue weighted by Crippen LogP contribution is -2.40. The molecule has 0 aliphatic heterocycles. The second-order valence-corrected chi connectivity index (χ2v) is 3.31. The maximum atomic E-state index is 5.25. The number of pyridine rings is 1. The van der Waals surface area contributed by atoms with Crippen LogP contribution in [0.15, 0.2) is 47.3 Å². The van der Waals surface area contributed by atoms with Gasteiger partial charge >= 0.3 is 4.99 Å². The van der Waals surface area contributed by atoms with Gasteiger partial charge in [0.2, 0.25) is 5.76 Å². The monoisotopic (exact) mass is 220 g/mol. The molecule has 0 saturated heterocycles. The van der Waals surface area contributed by atoms with E-state index in [0.29, 0.717) is 10.7 Å². The summed E-state index contributed by atoms with van der Waals surface area (Å²) in [6.45, 7) is 0. The standard InChI is InChI=1S/C11H10NO2S/c1-13-9-4-6-12(7-5-9)11(15)10-3-2-8-14-10/h2-8H,1H3/q+1. The van der Waals surface area contributed by atoms with Gasteiger partial charge in [-0.1, -0.05) is 0 Å². The zero-order valence-corrected chi connectivity index (χ0v) is 9.03. The van der Waals surface area contributed by atoms with Crippen LogP contribution < -0.4 is 9.30 Å². The Balaban J connectivity index is 2.27. The van der Waals surface area contributed by atoms with Crippen LogP contribution >= 0.6 is 12.2 Å². The summed E-state index contributed by atoms with van der Waals surface area (Å²) in [5.41, 5.74) is 0. The van der Waals surface area contributed by atoms with Crippen molar-refractivity contribution in [2.24, 2.45) is 0 Å². The smallest absolute Gasteiger partial charge is 0.320 e. The Bertz CT molecular complexity index is 448. The van der Waals surface area contributed by atoms with E-state index in [1.807, 2.05) is 36.7 Å². The topological polar surface area (TPSA) is 26.2 Å². The van der Waals surface area contributed by atoms with Crippen LogP contribution in [-0.4, -0.2) is 12.1 Å². The van der Waals surface area contributed by atoms with Crippen molar-refractivity contribution in [3.63, 3.8) is 0 Å². The third kappa shape index (κ3) is 2.05. The normalized spacial score (nSPS) is 9.93. The van der Waals surface area contributed by atoms with Crippen LogP contribution in [0.3, 0.4) is 0 Å². The van der Waals surface area contributed by atoms with Gasteiger partial charge in [0.25, 0.3) is 0 Å². The van der Waals surface area contributed by atoms with Crippen molar-refractivity contribution >= 4 is 17.2 Å². The fourth-order valence-electron chi connectivity index (χ4n) is 1.21. The van der Waals surface area contributed by atoms with E-state index in [0.717, 1.165) is 5.75 Å². The van der Waals surface area contributed by atoms with Crippen LogP contribution in [-0.2, 0) is 0 Å². The molecule has 3 nitrogen and oxygen atoms in total. The van der Waals surface area contributed by atoms with E-state index in [1.54, 1.807) is 17.9 Å². The molecular weight excluding hydrogens is 210 g/mol. The lowest BCUT2D eigenvalue weighted by atomic mass is 10.4. The van der Waals surface area contributed by atoms with Crippen molar-refractivity contribution in [2.45, 2.75) is 0 Å². The summed E-state index contributed by atoms with van der Waals surface area (Å²) in [5, 5.41) is 0. The third-order valence-corrected chi connectivity index (χ3v) is 2.41. The Kier molecular flexibility index (Phi) is 2.78. The number of methoxy groups -OCH3 is 1. The Morgan fingerprint density at radius 3 is 2.60 bits per heavy atom. The van der Waals surface area contributed by atoms with Crippen LogP contribution in [0.2, 0.25) is 0 Å². The maximum Gasteiger partial charge on any atom is 0.320 e. The van der Waals surface area contributed by atoms with Gasteiger partial charge in [-0.2, -0.15) is 4.57 Å². The number of nitrogens with zero attached hydrogens (tertiary/aromatic N) is 1. The number of ether oxygens (including phenoxy) is 1. The Morgan fingerprint density at radius 1 is 1.33 bits per heavy atom. The molecule has 2 rings (SSSR count). The molecule has 4 heteroatoms. The van der Waals surface area contributed by atoms with E-state index < -0.39 is 0 Å². The fourth-order valence-corrected chi connectivity index (χ4v) is 1.45. The van der Waals surface area contributed by atoms with Crippen LogP contribution in [0.25, 0.3) is 0 Å². The van der Waals surface area contributed by atoms with Crippen molar-refractivity contribution in [1.82, 2.24) is 0 Å². The van der Waals surface area contributed by atoms with E-state index in [9.17, 15) is 0 Å². The minimum absolute atomic E-state index is 0.627. The molecule has 76 valence electrons. The third-order valence-electron chi connectivity index (χ3n) is 2.00. The van der Waals surface area contributed by atoms with Crippen molar-refractivity contribution in [3.05, 3.63) is 48.7 Å². The first-order valence-electron chi connectivity index (χ1n) is 4.45. The molecule has 0 spiro atoms. The molecule has 2 aromatic heterocycles. The van der Waals surface area contributed by atoms with Crippen LogP contribution in [0.5, 0.6) is 5.75 Å². The molecule has 0 fully saturated rings. The molecule has 0 radical (unpaired) electrons. The van der Waals surface area contributed by atoms with Gasteiger partial charge < -0.3 is 9.15 Å². The van der Waals surface area contributed by atoms with Crippen LogP contribution in [0, 0.1) is 0 Å². The van der Waals surface area contributed by atoms with Crippen molar-refractivity contribution in [1.29, 1.82) is 0 Å². The number of hydrogen-bond acceptors (Lipinski definition) is 3. The summed E-state index contributed by atoms with van der Waals surface area (Å²) in [5.74, 6) is 1.48. The molecule has 0 saturated carbocycles. The van der Waals surface area contributed by atoms with E-state index in [4.69, 9.17) is 21.4 Å². The first-order chi connectivity index (χ1) is 7.31. The summed E-state index contributed by atoms with van der Waals surface area (Å²) >= 11 is 5.25. The number of rotatable bonds is 2. The van der Waals surface area contributed by atoms with Crippen molar-refractivity contribution in [3.8, 4) is 5.75 Å². The number of thiocarbonyl (C=S) groups is 1. The number of hydrogen-bond donors (Lipinski definition) is 0. The Hall–Kier alpha value is -1.68. The maximum absolute atomic E-state index is 5.25. The molecule has 2 aromatic rings. The first-order valence-corrected chi connectivity index (χ1v) is 4.85. The Morgan fingerprint density at radius 2 is 2.07 bits per heavy atom. The second-order valence-electron chi connectivity index (χ2n) is 2.93. The largest absolute Gasteiger partial charge is 0.496 e. The van der Waals surface area contributed by atoms with Gasteiger partial charge in [0.1, 0.15) is 5.75 Å². The zero-order chi connectivity index (χ0) is 10.7. The van der Waals surface area contributed by atoms with E-state index in [-0.39, 0.29) is 0 Å². The summed E-state index contributed by atoms with van der Waals surface area (Å²) < 4.78 is 12.1. The molecule has 2 heterocycles. The summed E-state index contributed by atoms with van der Waals surface area (Å²) in [7, 11) is 1.63. The lowest BCUT2D eigenvalue weighted by Gasteiger charge is -1.97. The molecule has 0 aromatic carbocycles. The average Bonchev–Trinajstić information content (AvgIpc) is 2.82. The SMILES string of the molecule is COc1cc[n+](C(=S)c2ccco2)cc1. The predicted molar refractivity (Wildman–Crippen MR) is 59.0 cm³/mol. The minimum Gasteiger partial charge on any atom is -0.496 e. The molecule has 0 bridgehead atoms. The highest BCUT2D eigenvalue weighted by Crippen LogP contribution is 2.05. The molecule has 15 heavy (non-hydrogen) atoms. The minimum atomic E-state index is 0.627. The summed E-state index contributed by atoms with van der Waals surface area (Å²) in [6, 6.07) is 7.33. The molecular formula is C11H10NO2S+. The lowest BCUT2D eigenvalue weighted by molar-refractivity contribution is -0.551. The van der Waals surface area contributed by atoms with Crippen molar-refractivity contribution in [2.75, 3.05) is 7.11 Å². The highest BCUT2D eigenvalue weighted by molar-refractivity contribution is 7.80. The molecule has 0 N–H and O–H groups in total.